The monoisotopic (exact) mass is 179 g/mol. The third-order valence-electron chi connectivity index (χ3n) is 2.56. The highest BCUT2D eigenvalue weighted by Gasteiger charge is 2.27. The van der Waals surface area contributed by atoms with Crippen LogP contribution in [0.1, 0.15) is 33.6 Å². The molecule has 0 heterocycles. The summed E-state index contributed by atoms with van der Waals surface area (Å²) >= 11 is 0. The number of likely N-dealkylation sites (N-methyl/N-ethyl adjacent to an activating group) is 1. The van der Waals surface area contributed by atoms with Crippen molar-refractivity contribution in [2.75, 3.05) is 7.05 Å². The van der Waals surface area contributed by atoms with E-state index in [0.717, 1.165) is 6.04 Å². The van der Waals surface area contributed by atoms with Crippen LogP contribution in [0.5, 0.6) is 0 Å². The van der Waals surface area contributed by atoms with Gasteiger partial charge in [-0.2, -0.15) is 0 Å². The number of hydrogen-bond donors (Lipinski definition) is 0. The molecule has 0 aromatic carbocycles. The van der Waals surface area contributed by atoms with E-state index in [2.05, 4.69) is 45.4 Å². The van der Waals surface area contributed by atoms with E-state index in [1.54, 1.807) is 0 Å². The third kappa shape index (κ3) is 2.91. The van der Waals surface area contributed by atoms with E-state index in [4.69, 9.17) is 0 Å². The molecule has 1 saturated carbocycles. The predicted octanol–water partition coefficient (Wildman–Crippen LogP) is 3.20. The molecule has 13 heavy (non-hydrogen) atoms. The van der Waals surface area contributed by atoms with Crippen LogP contribution >= 0.6 is 0 Å². The summed E-state index contributed by atoms with van der Waals surface area (Å²) in [5.74, 6) is 0.615. The minimum atomic E-state index is 0.615. The lowest BCUT2D eigenvalue weighted by Gasteiger charge is -2.22. The lowest BCUT2D eigenvalue weighted by atomic mass is 10.1. The van der Waals surface area contributed by atoms with Gasteiger partial charge < -0.3 is 4.90 Å². The Labute approximate surface area is 82.1 Å². The summed E-state index contributed by atoms with van der Waals surface area (Å²) in [5.41, 5.74) is 2.51. The molecule has 1 aliphatic carbocycles. The second-order valence-corrected chi connectivity index (χ2v) is 4.38. The van der Waals surface area contributed by atoms with Gasteiger partial charge >= 0.3 is 0 Å². The zero-order chi connectivity index (χ0) is 10.0. The van der Waals surface area contributed by atoms with Crippen molar-refractivity contribution in [2.24, 2.45) is 5.92 Å². The fourth-order valence-electron chi connectivity index (χ4n) is 1.56. The van der Waals surface area contributed by atoms with Crippen molar-refractivity contribution < 1.29 is 0 Å². The first-order chi connectivity index (χ1) is 6.02. The Morgan fingerprint density at radius 3 is 2.38 bits per heavy atom. The van der Waals surface area contributed by atoms with Crippen molar-refractivity contribution in [3.05, 3.63) is 23.9 Å². The van der Waals surface area contributed by atoms with Crippen molar-refractivity contribution in [3.8, 4) is 0 Å². The molecule has 1 heteroatoms. The first-order valence-corrected chi connectivity index (χ1v) is 5.13. The van der Waals surface area contributed by atoms with Crippen LogP contribution in [0.3, 0.4) is 0 Å². The Bertz CT molecular complexity index is 221. The molecule has 0 aliphatic heterocycles. The largest absolute Gasteiger partial charge is 0.372 e. The second-order valence-electron chi connectivity index (χ2n) is 4.38. The van der Waals surface area contributed by atoms with Gasteiger partial charge in [0.2, 0.25) is 0 Å². The van der Waals surface area contributed by atoms with Gasteiger partial charge in [-0.25, -0.2) is 0 Å². The summed E-state index contributed by atoms with van der Waals surface area (Å²) in [4.78, 5) is 2.31. The molecule has 1 rings (SSSR count). The Morgan fingerprint density at radius 2 is 2.00 bits per heavy atom. The Kier molecular flexibility index (Phi) is 3.18. The Morgan fingerprint density at radius 1 is 1.46 bits per heavy atom. The SMILES string of the molecule is C=C(/C(C)=C/C(C)C)N(C)C1CC1. The van der Waals surface area contributed by atoms with Crippen LogP contribution in [0.25, 0.3) is 0 Å². The van der Waals surface area contributed by atoms with E-state index < -0.39 is 0 Å². The van der Waals surface area contributed by atoms with Crippen LogP contribution in [-0.2, 0) is 0 Å². The first-order valence-electron chi connectivity index (χ1n) is 5.13. The highest BCUT2D eigenvalue weighted by atomic mass is 15.2. The van der Waals surface area contributed by atoms with Crippen LogP contribution in [0.2, 0.25) is 0 Å². The van der Waals surface area contributed by atoms with Gasteiger partial charge in [0.15, 0.2) is 0 Å². The van der Waals surface area contributed by atoms with E-state index in [0.29, 0.717) is 5.92 Å². The lowest BCUT2D eigenvalue weighted by Crippen LogP contribution is -2.20. The normalized spacial score (nSPS) is 17.8. The van der Waals surface area contributed by atoms with Crippen molar-refractivity contribution in [1.29, 1.82) is 0 Å². The van der Waals surface area contributed by atoms with Crippen molar-refractivity contribution >= 4 is 0 Å². The molecular formula is C12H21N. The molecule has 0 bridgehead atoms. The quantitative estimate of drug-likeness (QED) is 0.599. The van der Waals surface area contributed by atoms with Gasteiger partial charge in [-0.15, -0.1) is 0 Å². The van der Waals surface area contributed by atoms with Crippen LogP contribution in [-0.4, -0.2) is 18.0 Å². The summed E-state index contributed by atoms with van der Waals surface area (Å²) in [6.45, 7) is 10.7. The summed E-state index contributed by atoms with van der Waals surface area (Å²) < 4.78 is 0. The molecule has 0 unspecified atom stereocenters. The van der Waals surface area contributed by atoms with Gasteiger partial charge in [0.05, 0.1) is 0 Å². The fourth-order valence-corrected chi connectivity index (χ4v) is 1.56. The molecule has 0 amide bonds. The van der Waals surface area contributed by atoms with E-state index in [1.807, 2.05) is 0 Å². The molecule has 0 aromatic rings. The van der Waals surface area contributed by atoms with Gasteiger partial charge in [-0.1, -0.05) is 26.5 Å². The highest BCUT2D eigenvalue weighted by Crippen LogP contribution is 2.30. The van der Waals surface area contributed by atoms with E-state index >= 15 is 0 Å². The maximum atomic E-state index is 4.13. The molecule has 1 nitrogen and oxygen atoms in total. The average Bonchev–Trinajstić information content (AvgIpc) is 2.82. The van der Waals surface area contributed by atoms with Crippen LogP contribution in [0, 0.1) is 5.92 Å². The van der Waals surface area contributed by atoms with Gasteiger partial charge in [-0.05, 0) is 31.3 Å². The number of allylic oxidation sites excluding steroid dienone is 2. The number of hydrogen-bond acceptors (Lipinski definition) is 1. The average molecular weight is 179 g/mol. The highest BCUT2D eigenvalue weighted by molar-refractivity contribution is 5.26. The Hall–Kier alpha value is -0.720. The van der Waals surface area contributed by atoms with Crippen LogP contribution in [0.4, 0.5) is 0 Å². The lowest BCUT2D eigenvalue weighted by molar-refractivity contribution is 0.416. The minimum absolute atomic E-state index is 0.615. The van der Waals surface area contributed by atoms with Gasteiger partial charge in [-0.3, -0.25) is 0 Å². The molecular weight excluding hydrogens is 158 g/mol. The fraction of sp³-hybridized carbons (Fsp3) is 0.667. The van der Waals surface area contributed by atoms with Crippen LogP contribution < -0.4 is 0 Å². The molecule has 0 atom stereocenters. The molecule has 0 N–H and O–H groups in total. The maximum absolute atomic E-state index is 4.13. The summed E-state index contributed by atoms with van der Waals surface area (Å²) in [6, 6.07) is 0.767. The standard InChI is InChI=1S/C12H21N/c1-9(2)8-10(3)11(4)13(5)12-6-7-12/h8-9,12H,4,6-7H2,1-3,5H3/b10-8+. The van der Waals surface area contributed by atoms with Crippen molar-refractivity contribution in [2.45, 2.75) is 39.7 Å². The predicted molar refractivity (Wildman–Crippen MR) is 58.5 cm³/mol. The molecule has 0 spiro atoms. The summed E-state index contributed by atoms with van der Waals surface area (Å²) in [7, 11) is 2.15. The van der Waals surface area contributed by atoms with Gasteiger partial charge in [0.1, 0.15) is 0 Å². The van der Waals surface area contributed by atoms with E-state index in [-0.39, 0.29) is 0 Å². The van der Waals surface area contributed by atoms with Crippen molar-refractivity contribution in [3.63, 3.8) is 0 Å². The minimum Gasteiger partial charge on any atom is -0.372 e. The molecule has 74 valence electrons. The molecule has 1 fully saturated rings. The zero-order valence-electron chi connectivity index (χ0n) is 9.30. The van der Waals surface area contributed by atoms with Crippen molar-refractivity contribution in [1.82, 2.24) is 4.90 Å². The van der Waals surface area contributed by atoms with E-state index in [9.17, 15) is 0 Å². The number of rotatable bonds is 4. The van der Waals surface area contributed by atoms with Gasteiger partial charge in [0.25, 0.3) is 0 Å². The molecule has 0 aromatic heterocycles. The summed E-state index contributed by atoms with van der Waals surface area (Å²) in [5, 5.41) is 0. The van der Waals surface area contributed by atoms with Gasteiger partial charge in [0, 0.05) is 18.8 Å². The topological polar surface area (TPSA) is 3.24 Å². The zero-order valence-corrected chi connectivity index (χ0v) is 9.30. The smallest absolute Gasteiger partial charge is 0.0319 e. The maximum Gasteiger partial charge on any atom is 0.0319 e. The molecule has 0 saturated heterocycles. The summed E-state index contributed by atoms with van der Waals surface area (Å²) in [6.07, 6.45) is 4.95. The van der Waals surface area contributed by atoms with E-state index in [1.165, 1.54) is 24.1 Å². The third-order valence-corrected chi connectivity index (χ3v) is 2.56. The van der Waals surface area contributed by atoms with Crippen LogP contribution in [0.15, 0.2) is 23.9 Å². The molecule has 1 aliphatic rings. The molecule has 0 radical (unpaired) electrons. The Balaban J connectivity index is 2.54. The number of nitrogens with zero attached hydrogens (tertiary/aromatic N) is 1. The first kappa shape index (κ1) is 10.4. The second kappa shape index (κ2) is 3.99.